The fraction of sp³-hybridized carbons (Fsp3) is 0.333. The highest BCUT2D eigenvalue weighted by Crippen LogP contribution is 2.28. The highest BCUT2D eigenvalue weighted by atomic mass is 32.1. The van der Waals surface area contributed by atoms with E-state index >= 15 is 0 Å². The van der Waals surface area contributed by atoms with Crippen molar-refractivity contribution in [2.24, 2.45) is 0 Å². The monoisotopic (exact) mass is 332 g/mol. The molecule has 2 aromatic rings. The Labute approximate surface area is 139 Å². The number of aliphatic hydroxyl groups excluding tert-OH is 1. The second-order valence-electron chi connectivity index (χ2n) is 5.50. The molecule has 0 saturated heterocycles. The van der Waals surface area contributed by atoms with Gasteiger partial charge in [0.1, 0.15) is 6.10 Å². The molecule has 4 nitrogen and oxygen atoms in total. The van der Waals surface area contributed by atoms with E-state index in [-0.39, 0.29) is 5.78 Å². The number of benzene rings is 1. The third-order valence-electron chi connectivity index (χ3n) is 3.65. The lowest BCUT2D eigenvalue weighted by Gasteiger charge is -2.18. The molecule has 3 unspecified atom stereocenters. The van der Waals surface area contributed by atoms with Gasteiger partial charge in [-0.15, -0.1) is 11.3 Å². The summed E-state index contributed by atoms with van der Waals surface area (Å²) < 4.78 is 5.22. The minimum Gasteiger partial charge on any atom is -0.459 e. The van der Waals surface area contributed by atoms with Crippen LogP contribution < -0.4 is 0 Å². The predicted octanol–water partition coefficient (Wildman–Crippen LogP) is 3.40. The number of hydrogen-bond acceptors (Lipinski definition) is 5. The van der Waals surface area contributed by atoms with E-state index in [0.717, 1.165) is 4.88 Å². The van der Waals surface area contributed by atoms with E-state index in [2.05, 4.69) is 0 Å². The molecule has 1 aromatic carbocycles. The first-order valence-electron chi connectivity index (χ1n) is 7.48. The van der Waals surface area contributed by atoms with Gasteiger partial charge in [-0.3, -0.25) is 9.59 Å². The van der Waals surface area contributed by atoms with E-state index in [0.29, 0.717) is 10.4 Å². The lowest BCUT2D eigenvalue weighted by atomic mass is 10.1. The summed E-state index contributed by atoms with van der Waals surface area (Å²) in [6, 6.07) is 12.5. The zero-order valence-electron chi connectivity index (χ0n) is 13.4. The Bertz CT molecular complexity index is 675. The Hall–Kier alpha value is -1.98. The van der Waals surface area contributed by atoms with Gasteiger partial charge in [0.25, 0.3) is 0 Å². The van der Waals surface area contributed by atoms with Crippen LogP contribution in [0.15, 0.2) is 42.5 Å². The maximum absolute atomic E-state index is 12.4. The molecule has 2 rings (SSSR count). The van der Waals surface area contributed by atoms with Gasteiger partial charge in [-0.25, -0.2) is 0 Å². The molecular formula is C18H20O4S. The van der Waals surface area contributed by atoms with Gasteiger partial charge in [-0.1, -0.05) is 30.3 Å². The summed E-state index contributed by atoms with van der Waals surface area (Å²) in [4.78, 5) is 25.8. The van der Waals surface area contributed by atoms with Crippen molar-refractivity contribution in [2.45, 2.75) is 38.9 Å². The molecule has 23 heavy (non-hydrogen) atoms. The SMILES string of the molecule is CC(C(=O)OC(C)C(C)O)c1ccc(C(=O)c2ccccc2)s1. The summed E-state index contributed by atoms with van der Waals surface area (Å²) in [5.74, 6) is -0.933. The predicted molar refractivity (Wildman–Crippen MR) is 89.8 cm³/mol. The van der Waals surface area contributed by atoms with Gasteiger partial charge in [-0.2, -0.15) is 0 Å². The molecule has 0 fully saturated rings. The Balaban J connectivity index is 2.09. The van der Waals surface area contributed by atoms with Gasteiger partial charge in [0.2, 0.25) is 5.78 Å². The van der Waals surface area contributed by atoms with Gasteiger partial charge in [-0.05, 0) is 32.9 Å². The molecule has 5 heteroatoms. The van der Waals surface area contributed by atoms with Crippen LogP contribution in [0.3, 0.4) is 0 Å². The van der Waals surface area contributed by atoms with Crippen LogP contribution in [-0.2, 0) is 9.53 Å². The van der Waals surface area contributed by atoms with Crippen molar-refractivity contribution in [1.82, 2.24) is 0 Å². The summed E-state index contributed by atoms with van der Waals surface area (Å²) in [7, 11) is 0. The third-order valence-corrected chi connectivity index (χ3v) is 4.92. The van der Waals surface area contributed by atoms with Crippen LogP contribution in [0.1, 0.15) is 46.8 Å². The Morgan fingerprint density at radius 1 is 1.04 bits per heavy atom. The molecule has 0 aliphatic rings. The van der Waals surface area contributed by atoms with Gasteiger partial charge in [0.05, 0.1) is 16.9 Å². The summed E-state index contributed by atoms with van der Waals surface area (Å²) in [5, 5.41) is 9.41. The molecular weight excluding hydrogens is 312 g/mol. The summed E-state index contributed by atoms with van der Waals surface area (Å²) in [6.45, 7) is 4.96. The standard InChI is InChI=1S/C18H20O4S/c1-11(18(21)22-13(3)12(2)19)15-9-10-16(23-15)17(20)14-7-5-4-6-8-14/h4-13,19H,1-3H3. The maximum Gasteiger partial charge on any atom is 0.314 e. The van der Waals surface area contributed by atoms with Crippen molar-refractivity contribution in [3.05, 3.63) is 57.8 Å². The first-order chi connectivity index (χ1) is 10.9. The van der Waals surface area contributed by atoms with Crippen molar-refractivity contribution in [3.63, 3.8) is 0 Å². The van der Waals surface area contributed by atoms with Crippen LogP contribution in [0, 0.1) is 0 Å². The number of ether oxygens (including phenoxy) is 1. The summed E-state index contributed by atoms with van der Waals surface area (Å²) in [6.07, 6.45) is -1.28. The van der Waals surface area contributed by atoms with E-state index in [1.165, 1.54) is 11.3 Å². The Morgan fingerprint density at radius 3 is 2.30 bits per heavy atom. The van der Waals surface area contributed by atoms with Gasteiger partial charge in [0, 0.05) is 10.4 Å². The van der Waals surface area contributed by atoms with Gasteiger partial charge < -0.3 is 9.84 Å². The van der Waals surface area contributed by atoms with Crippen molar-refractivity contribution in [1.29, 1.82) is 0 Å². The molecule has 0 radical (unpaired) electrons. The molecule has 1 aromatic heterocycles. The minimum atomic E-state index is -0.718. The van der Waals surface area contributed by atoms with Crippen molar-refractivity contribution in [2.75, 3.05) is 0 Å². The molecule has 0 aliphatic carbocycles. The number of rotatable bonds is 6. The number of thiophene rings is 1. The molecule has 3 atom stereocenters. The maximum atomic E-state index is 12.4. The lowest BCUT2D eigenvalue weighted by molar-refractivity contribution is -0.154. The van der Waals surface area contributed by atoms with Crippen molar-refractivity contribution >= 4 is 23.1 Å². The molecule has 1 heterocycles. The highest BCUT2D eigenvalue weighted by Gasteiger charge is 2.23. The Morgan fingerprint density at radius 2 is 1.70 bits per heavy atom. The average molecular weight is 332 g/mol. The van der Waals surface area contributed by atoms with Crippen LogP contribution in [0.2, 0.25) is 0 Å². The zero-order chi connectivity index (χ0) is 17.0. The molecule has 1 N–H and O–H groups in total. The average Bonchev–Trinajstić information content (AvgIpc) is 3.03. The topological polar surface area (TPSA) is 63.6 Å². The lowest BCUT2D eigenvalue weighted by Crippen LogP contribution is -2.27. The number of hydrogen-bond donors (Lipinski definition) is 1. The second-order valence-corrected chi connectivity index (χ2v) is 6.62. The van der Waals surface area contributed by atoms with Crippen LogP contribution in [-0.4, -0.2) is 29.1 Å². The molecule has 0 spiro atoms. The fourth-order valence-electron chi connectivity index (χ4n) is 1.94. The summed E-state index contributed by atoms with van der Waals surface area (Å²) >= 11 is 1.29. The number of esters is 1. The fourth-order valence-corrected chi connectivity index (χ4v) is 2.95. The van der Waals surface area contributed by atoms with E-state index in [4.69, 9.17) is 4.74 Å². The zero-order valence-corrected chi connectivity index (χ0v) is 14.2. The number of carbonyl (C=O) groups is 2. The van der Waals surface area contributed by atoms with Crippen LogP contribution in [0.25, 0.3) is 0 Å². The second kappa shape index (κ2) is 7.53. The molecule has 0 aliphatic heterocycles. The minimum absolute atomic E-state index is 0.0558. The first-order valence-corrected chi connectivity index (χ1v) is 8.30. The Kier molecular flexibility index (Phi) is 5.69. The quantitative estimate of drug-likeness (QED) is 0.650. The summed E-state index contributed by atoms with van der Waals surface area (Å²) in [5.41, 5.74) is 0.624. The number of aliphatic hydroxyl groups is 1. The van der Waals surface area contributed by atoms with E-state index in [1.807, 2.05) is 18.2 Å². The first kappa shape index (κ1) is 17.4. The molecule has 0 saturated carbocycles. The third kappa shape index (κ3) is 4.27. The van der Waals surface area contributed by atoms with Crippen LogP contribution in [0.5, 0.6) is 0 Å². The van der Waals surface area contributed by atoms with Crippen LogP contribution >= 0.6 is 11.3 Å². The largest absolute Gasteiger partial charge is 0.459 e. The normalized spacial score (nSPS) is 14.8. The smallest absolute Gasteiger partial charge is 0.314 e. The van der Waals surface area contributed by atoms with Crippen molar-refractivity contribution in [3.8, 4) is 0 Å². The van der Waals surface area contributed by atoms with Crippen molar-refractivity contribution < 1.29 is 19.4 Å². The van der Waals surface area contributed by atoms with Gasteiger partial charge in [0.15, 0.2) is 0 Å². The number of carbonyl (C=O) groups excluding carboxylic acids is 2. The van der Waals surface area contributed by atoms with E-state index in [9.17, 15) is 14.7 Å². The van der Waals surface area contributed by atoms with Crippen LogP contribution in [0.4, 0.5) is 0 Å². The molecule has 0 bridgehead atoms. The number of ketones is 1. The van der Waals surface area contributed by atoms with E-state index < -0.39 is 24.1 Å². The van der Waals surface area contributed by atoms with E-state index in [1.54, 1.807) is 45.0 Å². The molecule has 0 amide bonds. The highest BCUT2D eigenvalue weighted by molar-refractivity contribution is 7.14. The van der Waals surface area contributed by atoms with Gasteiger partial charge >= 0.3 is 5.97 Å². The molecule has 122 valence electrons.